The van der Waals surface area contributed by atoms with Crippen LogP contribution in [0.1, 0.15) is 17.3 Å². The van der Waals surface area contributed by atoms with Crippen LogP contribution in [0.5, 0.6) is 0 Å². The molecule has 0 aliphatic rings. The second-order valence-electron chi connectivity index (χ2n) is 8.69. The summed E-state index contributed by atoms with van der Waals surface area (Å²) in [6.07, 6.45) is 0. The van der Waals surface area contributed by atoms with E-state index in [-0.39, 0.29) is 5.78 Å². The average molecular weight is 453 g/mol. The van der Waals surface area contributed by atoms with Crippen LogP contribution in [0.25, 0.3) is 49.3 Å². The maximum Gasteiger partial charge on any atom is 0.159 e. The van der Waals surface area contributed by atoms with Gasteiger partial charge in [-0.25, -0.2) is 0 Å². The van der Waals surface area contributed by atoms with Gasteiger partial charge in [-0.2, -0.15) is 0 Å². The molecule has 1 N–H and O–H groups in total. The van der Waals surface area contributed by atoms with Crippen LogP contribution < -0.4 is 0 Å². The van der Waals surface area contributed by atoms with E-state index in [4.69, 9.17) is 0 Å². The number of H-pyrrole nitrogens is 1. The number of carbonyl (C=O) groups is 1. The van der Waals surface area contributed by atoms with Gasteiger partial charge in [0, 0.05) is 43.8 Å². The highest BCUT2D eigenvalue weighted by atomic mass is 16.1. The van der Waals surface area contributed by atoms with Crippen LogP contribution in [-0.2, 0) is 0 Å². The Morgan fingerprint density at radius 2 is 0.971 bits per heavy atom. The summed E-state index contributed by atoms with van der Waals surface area (Å²) in [7, 11) is 0. The molecule has 3 heteroatoms. The van der Waals surface area contributed by atoms with Gasteiger partial charge in [0.05, 0.1) is 11.0 Å². The molecule has 0 atom stereocenters. The van der Waals surface area contributed by atoms with Gasteiger partial charge in [0.1, 0.15) is 0 Å². The average Bonchev–Trinajstić information content (AvgIpc) is 3.45. The van der Waals surface area contributed by atoms with Crippen molar-refractivity contribution >= 4 is 49.4 Å². The Labute approximate surface area is 203 Å². The van der Waals surface area contributed by atoms with Crippen molar-refractivity contribution in [1.29, 1.82) is 0 Å². The van der Waals surface area contributed by atoms with Crippen LogP contribution in [-0.4, -0.2) is 15.3 Å². The molecular formula is C32H24N2O. The zero-order chi connectivity index (χ0) is 23.8. The molecule has 168 valence electrons. The van der Waals surface area contributed by atoms with E-state index in [0.717, 1.165) is 11.3 Å². The quantitative estimate of drug-likeness (QED) is 0.263. The van der Waals surface area contributed by atoms with Gasteiger partial charge in [-0.3, -0.25) is 4.79 Å². The van der Waals surface area contributed by atoms with Gasteiger partial charge >= 0.3 is 0 Å². The number of rotatable bonds is 2. The molecule has 0 radical (unpaired) electrons. The van der Waals surface area contributed by atoms with Crippen molar-refractivity contribution in [3.63, 3.8) is 0 Å². The number of hydrogen-bond acceptors (Lipinski definition) is 1. The molecule has 0 spiro atoms. The zero-order valence-corrected chi connectivity index (χ0v) is 19.4. The van der Waals surface area contributed by atoms with E-state index >= 15 is 0 Å². The van der Waals surface area contributed by atoms with Crippen LogP contribution >= 0.6 is 0 Å². The number of hydrogen-bond donors (Lipinski definition) is 1. The van der Waals surface area contributed by atoms with Crippen LogP contribution in [0.4, 0.5) is 0 Å². The minimum Gasteiger partial charge on any atom is -0.355 e. The third-order valence-electron chi connectivity index (χ3n) is 6.53. The van der Waals surface area contributed by atoms with Crippen molar-refractivity contribution in [3.05, 3.63) is 127 Å². The fourth-order valence-electron chi connectivity index (χ4n) is 4.84. The van der Waals surface area contributed by atoms with Gasteiger partial charge in [0.2, 0.25) is 0 Å². The molecule has 2 aromatic heterocycles. The number of para-hydroxylation sites is 4. The lowest BCUT2D eigenvalue weighted by Gasteiger charge is -2.08. The van der Waals surface area contributed by atoms with Gasteiger partial charge in [-0.15, -0.1) is 0 Å². The lowest BCUT2D eigenvalue weighted by atomic mass is 10.1. The first-order chi connectivity index (χ1) is 17.2. The highest BCUT2D eigenvalue weighted by Crippen LogP contribution is 2.31. The van der Waals surface area contributed by atoms with E-state index in [0.29, 0.717) is 0 Å². The van der Waals surface area contributed by atoms with E-state index in [2.05, 4.69) is 107 Å². The highest BCUT2D eigenvalue weighted by Gasteiger charge is 2.11. The molecule has 0 aliphatic carbocycles. The van der Waals surface area contributed by atoms with E-state index in [1.807, 2.05) is 24.3 Å². The first-order valence-electron chi connectivity index (χ1n) is 11.8. The van der Waals surface area contributed by atoms with Gasteiger partial charge in [0.15, 0.2) is 5.78 Å². The molecule has 7 aromatic rings. The third kappa shape index (κ3) is 3.68. The van der Waals surface area contributed by atoms with E-state index in [1.54, 1.807) is 6.92 Å². The molecule has 2 heterocycles. The highest BCUT2D eigenvalue weighted by molar-refractivity contribution is 6.09. The summed E-state index contributed by atoms with van der Waals surface area (Å²) in [6, 6.07) is 41.4. The number of nitrogens with one attached hydrogen (secondary N) is 1. The number of fused-ring (bicyclic) bond motifs is 6. The molecule has 7 rings (SSSR count). The maximum absolute atomic E-state index is 11.5. The van der Waals surface area contributed by atoms with Crippen LogP contribution in [0.2, 0.25) is 0 Å². The fourth-order valence-corrected chi connectivity index (χ4v) is 4.84. The van der Waals surface area contributed by atoms with Crippen LogP contribution in [0.15, 0.2) is 121 Å². The molecule has 3 nitrogen and oxygen atoms in total. The lowest BCUT2D eigenvalue weighted by molar-refractivity contribution is 0.101. The molecule has 0 unspecified atom stereocenters. The normalized spacial score (nSPS) is 11.1. The fraction of sp³-hybridized carbons (Fsp3) is 0.0312. The van der Waals surface area contributed by atoms with Crippen molar-refractivity contribution in [1.82, 2.24) is 9.55 Å². The summed E-state index contributed by atoms with van der Waals surface area (Å²) in [5.41, 5.74) is 6.60. The van der Waals surface area contributed by atoms with Crippen molar-refractivity contribution < 1.29 is 4.79 Å². The monoisotopic (exact) mass is 452 g/mol. The maximum atomic E-state index is 11.5. The topological polar surface area (TPSA) is 37.8 Å². The Morgan fingerprint density at radius 3 is 1.46 bits per heavy atom. The van der Waals surface area contributed by atoms with Gasteiger partial charge in [0.25, 0.3) is 0 Å². The van der Waals surface area contributed by atoms with Gasteiger partial charge in [-0.05, 0) is 55.5 Å². The Balaban J connectivity index is 0.000000149. The number of Topliss-reactive ketones (excluding diaryl/α,β-unsaturated/α-hetero) is 1. The van der Waals surface area contributed by atoms with E-state index in [9.17, 15) is 4.79 Å². The SMILES string of the molecule is CC(=O)c1ccc(-n2c3ccccc3c3ccccc32)cc1.c1ccc2c(c1)[nH]c1ccccc12. The first-order valence-corrected chi connectivity index (χ1v) is 11.8. The largest absolute Gasteiger partial charge is 0.355 e. The Hall–Kier alpha value is -4.63. The predicted octanol–water partition coefficient (Wildman–Crippen LogP) is 8.31. The standard InChI is InChI=1S/C20H15NO.C12H9N/c1-14(22)15-10-12-16(13-11-15)21-19-8-4-2-6-17(19)18-7-3-5-9-20(18)21;1-3-7-11-9(5-1)10-6-2-4-8-12(10)13-11/h2-13H,1H3;1-8,13H. The van der Waals surface area contributed by atoms with Crippen molar-refractivity contribution in [3.8, 4) is 5.69 Å². The predicted molar refractivity (Wildman–Crippen MR) is 147 cm³/mol. The smallest absolute Gasteiger partial charge is 0.159 e. The van der Waals surface area contributed by atoms with E-state index in [1.165, 1.54) is 43.6 Å². The number of aromatic nitrogens is 2. The summed E-state index contributed by atoms with van der Waals surface area (Å²) < 4.78 is 2.24. The molecular weight excluding hydrogens is 428 g/mol. The summed E-state index contributed by atoms with van der Waals surface area (Å²) in [5.74, 6) is 0.0915. The van der Waals surface area contributed by atoms with E-state index < -0.39 is 0 Å². The van der Waals surface area contributed by atoms with Crippen molar-refractivity contribution in [2.45, 2.75) is 6.92 Å². The van der Waals surface area contributed by atoms with Gasteiger partial charge in [-0.1, -0.05) is 72.8 Å². The summed E-state index contributed by atoms with van der Waals surface area (Å²) in [4.78, 5) is 14.8. The van der Waals surface area contributed by atoms with Crippen molar-refractivity contribution in [2.24, 2.45) is 0 Å². The number of nitrogens with zero attached hydrogens (tertiary/aromatic N) is 1. The Bertz CT molecular complexity index is 1720. The summed E-state index contributed by atoms with van der Waals surface area (Å²) in [5, 5.41) is 5.10. The molecule has 0 amide bonds. The number of carbonyl (C=O) groups excluding carboxylic acids is 1. The molecule has 0 saturated carbocycles. The number of aromatic amines is 1. The number of benzene rings is 5. The van der Waals surface area contributed by atoms with Crippen LogP contribution in [0.3, 0.4) is 0 Å². The molecule has 0 bridgehead atoms. The Morgan fingerprint density at radius 1 is 0.543 bits per heavy atom. The zero-order valence-electron chi connectivity index (χ0n) is 19.4. The van der Waals surface area contributed by atoms with Crippen molar-refractivity contribution in [2.75, 3.05) is 0 Å². The lowest BCUT2D eigenvalue weighted by Crippen LogP contribution is -1.96. The third-order valence-corrected chi connectivity index (χ3v) is 6.53. The summed E-state index contributed by atoms with van der Waals surface area (Å²) >= 11 is 0. The molecule has 35 heavy (non-hydrogen) atoms. The Kier molecular flexibility index (Phi) is 5.16. The molecule has 5 aromatic carbocycles. The molecule has 0 saturated heterocycles. The van der Waals surface area contributed by atoms with Crippen LogP contribution in [0, 0.1) is 0 Å². The second-order valence-corrected chi connectivity index (χ2v) is 8.69. The second kappa shape index (κ2) is 8.62. The minimum atomic E-state index is 0.0915. The first kappa shape index (κ1) is 20.9. The minimum absolute atomic E-state index is 0.0915. The number of ketones is 1. The summed E-state index contributed by atoms with van der Waals surface area (Å²) in [6.45, 7) is 1.59. The molecule has 0 fully saturated rings. The molecule has 0 aliphatic heterocycles. The van der Waals surface area contributed by atoms with Gasteiger partial charge < -0.3 is 9.55 Å².